The standard InChI is InChI=1S/C18H23NO.C4H4O4/c1-2-16-7-3-4-8-17(16)11-13-19-12-10-15-6-5-9-18(20)14-15;5-3(6)1-2-4(7)8/h3-9,14,19-20H,2,10-13H2,1H3;1-2H,(H,5,6)(H,7,8)/p-2/b;2-1+. The van der Waals surface area contributed by atoms with Crippen molar-refractivity contribution in [2.45, 2.75) is 26.2 Å². The molecule has 0 saturated carbocycles. The van der Waals surface area contributed by atoms with Crippen LogP contribution in [0.4, 0.5) is 0 Å². The molecule has 150 valence electrons. The van der Waals surface area contributed by atoms with Gasteiger partial charge in [-0.25, -0.2) is 0 Å². The van der Waals surface area contributed by atoms with Crippen molar-refractivity contribution >= 4 is 11.9 Å². The van der Waals surface area contributed by atoms with Crippen LogP contribution in [0.1, 0.15) is 23.6 Å². The number of carboxylic acids is 2. The topological polar surface area (TPSA) is 113 Å². The summed E-state index contributed by atoms with van der Waals surface area (Å²) >= 11 is 0. The molecule has 6 heteroatoms. The molecule has 0 bridgehead atoms. The smallest absolute Gasteiger partial charge is 0.115 e. The van der Waals surface area contributed by atoms with Crippen molar-refractivity contribution in [2.24, 2.45) is 0 Å². The molecule has 2 aromatic carbocycles. The molecule has 0 saturated heterocycles. The van der Waals surface area contributed by atoms with Gasteiger partial charge in [-0.15, -0.1) is 0 Å². The van der Waals surface area contributed by atoms with Gasteiger partial charge in [-0.3, -0.25) is 0 Å². The third-order valence-electron chi connectivity index (χ3n) is 3.93. The van der Waals surface area contributed by atoms with E-state index in [-0.39, 0.29) is 0 Å². The van der Waals surface area contributed by atoms with Crippen LogP contribution in [0.3, 0.4) is 0 Å². The lowest BCUT2D eigenvalue weighted by Gasteiger charge is -2.09. The number of aromatic hydroxyl groups is 1. The molecular formula is C22H25NO5-2. The Morgan fingerprint density at radius 3 is 2.11 bits per heavy atom. The average molecular weight is 383 g/mol. The molecular weight excluding hydrogens is 358 g/mol. The molecule has 0 unspecified atom stereocenters. The fourth-order valence-corrected chi connectivity index (χ4v) is 2.58. The molecule has 2 N–H and O–H groups in total. The van der Waals surface area contributed by atoms with Crippen molar-refractivity contribution < 1.29 is 24.9 Å². The van der Waals surface area contributed by atoms with E-state index < -0.39 is 11.9 Å². The Morgan fingerprint density at radius 1 is 0.929 bits per heavy atom. The van der Waals surface area contributed by atoms with Gasteiger partial charge in [0.15, 0.2) is 0 Å². The van der Waals surface area contributed by atoms with Crippen LogP contribution in [0.25, 0.3) is 0 Å². The van der Waals surface area contributed by atoms with E-state index in [1.165, 1.54) is 16.7 Å². The number of carbonyl (C=O) groups is 2. The molecule has 0 aliphatic heterocycles. The second-order valence-corrected chi connectivity index (χ2v) is 6.01. The Bertz CT molecular complexity index is 770. The molecule has 0 aliphatic rings. The van der Waals surface area contributed by atoms with Gasteiger partial charge >= 0.3 is 0 Å². The molecule has 0 spiro atoms. The summed E-state index contributed by atoms with van der Waals surface area (Å²) in [4.78, 5) is 18.8. The number of hydrogen-bond donors (Lipinski definition) is 2. The minimum absolute atomic E-state index is 0.347. The molecule has 0 radical (unpaired) electrons. The molecule has 2 aromatic rings. The van der Waals surface area contributed by atoms with Crippen molar-refractivity contribution in [1.82, 2.24) is 5.32 Å². The SMILES string of the molecule is CCc1ccccc1CCNCCc1cccc(O)c1.O=C([O-])/C=C/C(=O)[O-]. The first kappa shape index (κ1) is 22.9. The van der Waals surface area contributed by atoms with Gasteiger partial charge in [0.05, 0.1) is 11.9 Å². The number of carboxylic acid groups (broad SMARTS) is 2. The van der Waals surface area contributed by atoms with E-state index in [0.29, 0.717) is 17.9 Å². The van der Waals surface area contributed by atoms with Crippen LogP contribution >= 0.6 is 0 Å². The first-order valence-corrected chi connectivity index (χ1v) is 9.07. The van der Waals surface area contributed by atoms with E-state index in [4.69, 9.17) is 0 Å². The lowest BCUT2D eigenvalue weighted by Crippen LogP contribution is -2.23. The molecule has 0 amide bonds. The largest absolute Gasteiger partial charge is 0.545 e. The fourth-order valence-electron chi connectivity index (χ4n) is 2.58. The van der Waals surface area contributed by atoms with Crippen LogP contribution in [-0.2, 0) is 28.9 Å². The van der Waals surface area contributed by atoms with E-state index in [1.807, 2.05) is 18.2 Å². The minimum Gasteiger partial charge on any atom is -0.545 e. The van der Waals surface area contributed by atoms with Crippen LogP contribution in [-0.4, -0.2) is 30.1 Å². The summed E-state index contributed by atoms with van der Waals surface area (Å²) in [6.07, 6.45) is 3.89. The Morgan fingerprint density at radius 2 is 1.54 bits per heavy atom. The van der Waals surface area contributed by atoms with Gasteiger partial charge in [0.2, 0.25) is 0 Å². The van der Waals surface area contributed by atoms with Gasteiger partial charge in [0.25, 0.3) is 0 Å². The van der Waals surface area contributed by atoms with Crippen LogP contribution in [0.5, 0.6) is 5.75 Å². The van der Waals surface area contributed by atoms with Gasteiger partial charge in [-0.1, -0.05) is 43.3 Å². The average Bonchev–Trinajstić information content (AvgIpc) is 2.67. The fraction of sp³-hybridized carbons (Fsp3) is 0.273. The molecule has 6 nitrogen and oxygen atoms in total. The van der Waals surface area contributed by atoms with Gasteiger partial charge < -0.3 is 30.2 Å². The van der Waals surface area contributed by atoms with Gasteiger partial charge in [-0.2, -0.15) is 0 Å². The van der Waals surface area contributed by atoms with Crippen LogP contribution < -0.4 is 15.5 Å². The molecule has 28 heavy (non-hydrogen) atoms. The minimum atomic E-state index is -1.55. The number of phenols is 1. The molecule has 0 aliphatic carbocycles. The number of carbonyl (C=O) groups excluding carboxylic acids is 2. The second-order valence-electron chi connectivity index (χ2n) is 6.01. The zero-order valence-corrected chi connectivity index (χ0v) is 15.9. The Labute approximate surface area is 165 Å². The number of benzene rings is 2. The predicted molar refractivity (Wildman–Crippen MR) is 103 cm³/mol. The highest BCUT2D eigenvalue weighted by atomic mass is 16.4. The maximum atomic E-state index is 9.41. The number of nitrogens with one attached hydrogen (secondary N) is 1. The highest BCUT2D eigenvalue weighted by Crippen LogP contribution is 2.11. The maximum Gasteiger partial charge on any atom is 0.115 e. The molecule has 0 aromatic heterocycles. The summed E-state index contributed by atoms with van der Waals surface area (Å²) in [7, 11) is 0. The monoisotopic (exact) mass is 383 g/mol. The maximum absolute atomic E-state index is 9.41. The zero-order chi connectivity index (χ0) is 20.8. The number of aliphatic carboxylic acids is 2. The van der Waals surface area contributed by atoms with Crippen molar-refractivity contribution in [3.8, 4) is 5.75 Å². The molecule has 0 heterocycles. The molecule has 0 fully saturated rings. The van der Waals surface area contributed by atoms with Crippen LogP contribution in [0, 0.1) is 0 Å². The highest BCUT2D eigenvalue weighted by Gasteiger charge is 1.99. The quantitative estimate of drug-likeness (QED) is 0.478. The lowest BCUT2D eigenvalue weighted by molar-refractivity contribution is -0.301. The van der Waals surface area contributed by atoms with Crippen molar-refractivity contribution in [2.75, 3.05) is 13.1 Å². The number of rotatable bonds is 9. The number of aryl methyl sites for hydroxylation is 1. The molecule has 2 rings (SSSR count). The van der Waals surface area contributed by atoms with Crippen molar-refractivity contribution in [3.05, 3.63) is 77.4 Å². The highest BCUT2D eigenvalue weighted by molar-refractivity contribution is 5.87. The third-order valence-corrected chi connectivity index (χ3v) is 3.93. The normalized spacial score (nSPS) is 10.3. The lowest BCUT2D eigenvalue weighted by atomic mass is 10.0. The van der Waals surface area contributed by atoms with Crippen molar-refractivity contribution in [3.63, 3.8) is 0 Å². The summed E-state index contributed by atoms with van der Waals surface area (Å²) in [6.45, 7) is 4.14. The van der Waals surface area contributed by atoms with E-state index in [2.05, 4.69) is 36.5 Å². The van der Waals surface area contributed by atoms with Gasteiger partial charge in [-0.05, 0) is 73.3 Å². The van der Waals surface area contributed by atoms with Gasteiger partial charge in [0.1, 0.15) is 5.75 Å². The van der Waals surface area contributed by atoms with Crippen LogP contribution in [0.2, 0.25) is 0 Å². The summed E-state index contributed by atoms with van der Waals surface area (Å²) in [5, 5.41) is 31.7. The predicted octanol–water partition coefficient (Wildman–Crippen LogP) is 0.372. The number of phenolic OH excluding ortho intramolecular Hbond substituents is 1. The molecule has 0 atom stereocenters. The van der Waals surface area contributed by atoms with Crippen molar-refractivity contribution in [1.29, 1.82) is 0 Å². The van der Waals surface area contributed by atoms with Crippen LogP contribution in [0.15, 0.2) is 60.7 Å². The first-order valence-electron chi connectivity index (χ1n) is 9.07. The van der Waals surface area contributed by atoms with E-state index >= 15 is 0 Å². The van der Waals surface area contributed by atoms with Gasteiger partial charge in [0, 0.05) is 0 Å². The summed E-state index contributed by atoms with van der Waals surface area (Å²) in [5.41, 5.74) is 4.06. The zero-order valence-electron chi connectivity index (χ0n) is 15.9. The van der Waals surface area contributed by atoms with E-state index in [9.17, 15) is 24.9 Å². The summed E-state index contributed by atoms with van der Waals surface area (Å²) < 4.78 is 0. The second kappa shape index (κ2) is 13.1. The summed E-state index contributed by atoms with van der Waals surface area (Å²) in [6, 6.07) is 16.1. The Kier molecular flexibility index (Phi) is 10.7. The summed E-state index contributed by atoms with van der Waals surface area (Å²) in [5.74, 6) is -2.75. The Balaban J connectivity index is 0.000000416. The van der Waals surface area contributed by atoms with E-state index in [1.54, 1.807) is 6.07 Å². The third kappa shape index (κ3) is 10.1. The first-order chi connectivity index (χ1) is 13.4. The number of hydrogen-bond acceptors (Lipinski definition) is 6. The van der Waals surface area contributed by atoms with E-state index in [0.717, 1.165) is 32.4 Å². The Hall–Kier alpha value is -3.12.